The van der Waals surface area contributed by atoms with Crippen LogP contribution in [0.2, 0.25) is 0 Å². The molecule has 0 amide bonds. The number of carbonyl (C=O) groups is 2. The van der Waals surface area contributed by atoms with E-state index in [0.29, 0.717) is 0 Å². The topological polar surface area (TPSA) is 52.6 Å². The molecule has 0 aromatic heterocycles. The van der Waals surface area contributed by atoms with E-state index in [4.69, 9.17) is 0 Å². The van der Waals surface area contributed by atoms with Crippen molar-refractivity contribution >= 4 is 23.7 Å². The Kier molecular flexibility index (Phi) is 5.53. The van der Waals surface area contributed by atoms with Crippen LogP contribution in [0.25, 0.3) is 0 Å². The molecule has 1 unspecified atom stereocenters. The summed E-state index contributed by atoms with van der Waals surface area (Å²) in [6.45, 7) is 1.68. The van der Waals surface area contributed by atoms with Crippen LogP contribution in [0.15, 0.2) is 0 Å². The van der Waals surface area contributed by atoms with E-state index >= 15 is 0 Å². The van der Waals surface area contributed by atoms with Crippen molar-refractivity contribution in [3.63, 3.8) is 0 Å². The van der Waals surface area contributed by atoms with Crippen molar-refractivity contribution in [2.75, 3.05) is 20.0 Å². The second-order valence-corrected chi connectivity index (χ2v) is 3.38. The molecule has 4 nitrogen and oxygen atoms in total. The average Bonchev–Trinajstić information content (AvgIpc) is 2.11. The van der Waals surface area contributed by atoms with E-state index < -0.39 is 0 Å². The van der Waals surface area contributed by atoms with E-state index in [0.717, 1.165) is 0 Å². The summed E-state index contributed by atoms with van der Waals surface area (Å²) in [7, 11) is 2.63. The highest BCUT2D eigenvalue weighted by Gasteiger charge is 2.14. The lowest BCUT2D eigenvalue weighted by Gasteiger charge is -2.06. The zero-order chi connectivity index (χ0) is 9.56. The molecule has 0 rings (SSSR count). The zero-order valence-electron chi connectivity index (χ0n) is 7.33. The number of hydrogen-bond donors (Lipinski definition) is 0. The van der Waals surface area contributed by atoms with Gasteiger partial charge in [-0.25, -0.2) is 0 Å². The molecule has 0 heterocycles. The first-order valence-corrected chi connectivity index (χ1v) is 4.43. The molecule has 12 heavy (non-hydrogen) atoms. The smallest absolute Gasteiger partial charge is 0.318 e. The third-order valence-electron chi connectivity index (χ3n) is 1.21. The lowest BCUT2D eigenvalue weighted by molar-refractivity contribution is -0.139. The summed E-state index contributed by atoms with van der Waals surface area (Å²) in [5.74, 6) is -0.494. The monoisotopic (exact) mass is 192 g/mol. The Labute approximate surface area is 75.6 Å². The molecule has 0 aromatic carbocycles. The number of ether oxygens (including phenoxy) is 2. The van der Waals surface area contributed by atoms with Crippen LogP contribution in [-0.4, -0.2) is 37.2 Å². The van der Waals surface area contributed by atoms with Gasteiger partial charge in [-0.15, -0.1) is 11.8 Å². The molecule has 0 aromatic rings. The Balaban J connectivity index is 3.63. The summed E-state index contributed by atoms with van der Waals surface area (Å²) in [6.07, 6.45) is 0. The van der Waals surface area contributed by atoms with Crippen LogP contribution in [-0.2, 0) is 19.1 Å². The number of esters is 2. The van der Waals surface area contributed by atoms with Gasteiger partial charge in [0.25, 0.3) is 0 Å². The van der Waals surface area contributed by atoms with E-state index in [-0.39, 0.29) is 22.9 Å². The van der Waals surface area contributed by atoms with E-state index in [1.165, 1.54) is 26.0 Å². The van der Waals surface area contributed by atoms with Gasteiger partial charge in [0.05, 0.1) is 20.0 Å². The zero-order valence-corrected chi connectivity index (χ0v) is 8.14. The largest absolute Gasteiger partial charge is 0.468 e. The van der Waals surface area contributed by atoms with Gasteiger partial charge in [0.1, 0.15) is 5.25 Å². The maximum absolute atomic E-state index is 10.8. The van der Waals surface area contributed by atoms with Crippen LogP contribution in [0.5, 0.6) is 0 Å². The summed E-state index contributed by atoms with van der Waals surface area (Å²) in [5.41, 5.74) is 0. The number of methoxy groups -OCH3 is 2. The highest BCUT2D eigenvalue weighted by atomic mass is 32.2. The van der Waals surface area contributed by atoms with Crippen LogP contribution in [0.4, 0.5) is 0 Å². The summed E-state index contributed by atoms with van der Waals surface area (Å²) in [6, 6.07) is 0. The van der Waals surface area contributed by atoms with Gasteiger partial charge in [0, 0.05) is 0 Å². The average molecular weight is 192 g/mol. The fraction of sp³-hybridized carbons (Fsp3) is 0.714. The third-order valence-corrected chi connectivity index (χ3v) is 2.31. The Morgan fingerprint density at radius 2 is 1.92 bits per heavy atom. The van der Waals surface area contributed by atoms with Crippen molar-refractivity contribution in [1.29, 1.82) is 0 Å². The van der Waals surface area contributed by atoms with Crippen LogP contribution in [0, 0.1) is 0 Å². The second-order valence-electron chi connectivity index (χ2n) is 2.05. The minimum Gasteiger partial charge on any atom is -0.468 e. The van der Waals surface area contributed by atoms with Crippen molar-refractivity contribution in [3.05, 3.63) is 0 Å². The normalized spacial score (nSPS) is 11.9. The molecule has 0 spiro atoms. The quantitative estimate of drug-likeness (QED) is 0.605. The minimum atomic E-state index is -0.337. The molecular weight excluding hydrogens is 180 g/mol. The van der Waals surface area contributed by atoms with E-state index in [1.54, 1.807) is 6.92 Å². The van der Waals surface area contributed by atoms with Crippen molar-refractivity contribution in [3.8, 4) is 0 Å². The Hall–Kier alpha value is -0.710. The van der Waals surface area contributed by atoms with Gasteiger partial charge in [-0.1, -0.05) is 0 Å². The summed E-state index contributed by atoms with van der Waals surface area (Å²) in [5, 5.41) is -0.325. The Morgan fingerprint density at radius 1 is 1.33 bits per heavy atom. The van der Waals surface area contributed by atoms with Crippen LogP contribution < -0.4 is 0 Å². The Morgan fingerprint density at radius 3 is 2.33 bits per heavy atom. The number of hydrogen-bond acceptors (Lipinski definition) is 5. The first-order valence-electron chi connectivity index (χ1n) is 3.38. The standard InChI is InChI=1S/C7H12O4S/c1-5(7(9)11-3)12-4-6(8)10-2/h5H,4H2,1-3H3. The van der Waals surface area contributed by atoms with Gasteiger partial charge in [0.2, 0.25) is 0 Å². The number of carbonyl (C=O) groups excluding carboxylic acids is 2. The Bertz CT molecular complexity index is 169. The van der Waals surface area contributed by atoms with E-state index in [1.807, 2.05) is 0 Å². The predicted molar refractivity (Wildman–Crippen MR) is 46.0 cm³/mol. The van der Waals surface area contributed by atoms with Gasteiger partial charge in [0.15, 0.2) is 0 Å². The highest BCUT2D eigenvalue weighted by molar-refractivity contribution is 8.01. The molecule has 70 valence electrons. The van der Waals surface area contributed by atoms with E-state index in [9.17, 15) is 9.59 Å². The van der Waals surface area contributed by atoms with E-state index in [2.05, 4.69) is 9.47 Å². The molecule has 5 heteroatoms. The fourth-order valence-electron chi connectivity index (χ4n) is 0.486. The molecule has 0 aliphatic carbocycles. The molecule has 0 radical (unpaired) electrons. The molecule has 0 fully saturated rings. The van der Waals surface area contributed by atoms with Crippen LogP contribution in [0.3, 0.4) is 0 Å². The van der Waals surface area contributed by atoms with Crippen molar-refractivity contribution in [1.82, 2.24) is 0 Å². The molecule has 0 saturated carbocycles. The van der Waals surface area contributed by atoms with Crippen molar-refractivity contribution < 1.29 is 19.1 Å². The molecule has 0 N–H and O–H groups in total. The van der Waals surface area contributed by atoms with Gasteiger partial charge in [-0.3, -0.25) is 9.59 Å². The molecule has 0 saturated heterocycles. The fourth-order valence-corrected chi connectivity index (χ4v) is 1.22. The van der Waals surface area contributed by atoms with Crippen LogP contribution in [0.1, 0.15) is 6.92 Å². The minimum absolute atomic E-state index is 0.173. The van der Waals surface area contributed by atoms with Crippen LogP contribution >= 0.6 is 11.8 Å². The van der Waals surface area contributed by atoms with Gasteiger partial charge in [-0.05, 0) is 6.92 Å². The van der Waals surface area contributed by atoms with Crippen molar-refractivity contribution in [2.45, 2.75) is 12.2 Å². The lowest BCUT2D eigenvalue weighted by atomic mass is 10.5. The first kappa shape index (κ1) is 11.3. The second kappa shape index (κ2) is 5.88. The SMILES string of the molecule is COC(=O)CSC(C)C(=O)OC. The van der Waals surface area contributed by atoms with Gasteiger partial charge in [-0.2, -0.15) is 0 Å². The lowest BCUT2D eigenvalue weighted by Crippen LogP contribution is -2.17. The number of thioether (sulfide) groups is 1. The molecular formula is C7H12O4S. The van der Waals surface area contributed by atoms with Gasteiger partial charge >= 0.3 is 11.9 Å². The first-order chi connectivity index (χ1) is 5.61. The molecule has 1 atom stereocenters. The molecule has 0 bridgehead atoms. The maximum Gasteiger partial charge on any atom is 0.318 e. The molecule has 0 aliphatic rings. The van der Waals surface area contributed by atoms with Crippen molar-refractivity contribution in [2.24, 2.45) is 0 Å². The summed E-state index contributed by atoms with van der Waals surface area (Å²) in [4.78, 5) is 21.4. The van der Waals surface area contributed by atoms with Gasteiger partial charge < -0.3 is 9.47 Å². The predicted octanol–water partition coefficient (Wildman–Crippen LogP) is 0.454. The number of rotatable bonds is 4. The summed E-state index contributed by atoms with van der Waals surface area (Å²) < 4.78 is 8.87. The summed E-state index contributed by atoms with van der Waals surface area (Å²) >= 11 is 1.19. The maximum atomic E-state index is 10.8. The third kappa shape index (κ3) is 4.23. The molecule has 0 aliphatic heterocycles. The highest BCUT2D eigenvalue weighted by Crippen LogP contribution is 2.11.